The van der Waals surface area contributed by atoms with E-state index in [9.17, 15) is 0 Å². The first kappa shape index (κ1) is 7.87. The van der Waals surface area contributed by atoms with E-state index in [2.05, 4.69) is 36.0 Å². The van der Waals surface area contributed by atoms with Crippen molar-refractivity contribution in [2.75, 3.05) is 6.54 Å². The third kappa shape index (κ3) is 1.27. The molecule has 0 atom stereocenters. The quantitative estimate of drug-likeness (QED) is 0.708. The Labute approximate surface area is 73.6 Å². The maximum absolute atomic E-state index is 3.08. The molecule has 66 valence electrons. The minimum absolute atomic E-state index is 0.428. The zero-order valence-corrected chi connectivity index (χ0v) is 7.80. The molecular formula is C10H16N2. The van der Waals surface area contributed by atoms with Crippen LogP contribution in [-0.2, 0) is 6.54 Å². The highest BCUT2D eigenvalue weighted by molar-refractivity contribution is 5.10. The van der Waals surface area contributed by atoms with E-state index in [-0.39, 0.29) is 0 Å². The summed E-state index contributed by atoms with van der Waals surface area (Å²) >= 11 is 0. The molecule has 1 aromatic rings. The molecule has 1 saturated heterocycles. The van der Waals surface area contributed by atoms with Crippen molar-refractivity contribution in [3.05, 3.63) is 24.0 Å². The molecule has 0 amide bonds. The number of hydrogen-bond donors (Lipinski definition) is 1. The van der Waals surface area contributed by atoms with Crippen molar-refractivity contribution >= 4 is 0 Å². The lowest BCUT2D eigenvalue weighted by Crippen LogP contribution is -2.54. The van der Waals surface area contributed by atoms with Gasteiger partial charge in [-0.05, 0) is 31.9 Å². The predicted molar refractivity (Wildman–Crippen MR) is 49.9 cm³/mol. The van der Waals surface area contributed by atoms with Crippen LogP contribution in [0.25, 0.3) is 0 Å². The summed E-state index contributed by atoms with van der Waals surface area (Å²) < 4.78 is 0. The number of aromatic amines is 1. The van der Waals surface area contributed by atoms with E-state index < -0.39 is 0 Å². The molecule has 0 saturated carbocycles. The van der Waals surface area contributed by atoms with Crippen molar-refractivity contribution < 1.29 is 0 Å². The second-order valence-electron chi connectivity index (χ2n) is 4.20. The van der Waals surface area contributed by atoms with Crippen LogP contribution in [0.2, 0.25) is 0 Å². The van der Waals surface area contributed by atoms with Crippen molar-refractivity contribution in [1.82, 2.24) is 9.88 Å². The van der Waals surface area contributed by atoms with E-state index in [1.807, 2.05) is 6.20 Å². The molecule has 2 heteroatoms. The molecule has 0 radical (unpaired) electrons. The lowest BCUT2D eigenvalue weighted by atomic mass is 9.88. The van der Waals surface area contributed by atoms with Gasteiger partial charge < -0.3 is 4.98 Å². The highest BCUT2D eigenvalue weighted by Gasteiger charge is 2.35. The summed E-state index contributed by atoms with van der Waals surface area (Å²) in [4.78, 5) is 5.59. The van der Waals surface area contributed by atoms with Crippen LogP contribution in [0.15, 0.2) is 18.5 Å². The van der Waals surface area contributed by atoms with Crippen LogP contribution in [0.1, 0.15) is 25.8 Å². The van der Waals surface area contributed by atoms with Gasteiger partial charge in [-0.2, -0.15) is 0 Å². The summed E-state index contributed by atoms with van der Waals surface area (Å²) in [6.45, 7) is 6.96. The first-order chi connectivity index (χ1) is 5.68. The third-order valence-corrected chi connectivity index (χ3v) is 2.89. The molecule has 1 fully saturated rings. The monoisotopic (exact) mass is 164 g/mol. The Balaban J connectivity index is 1.97. The molecular weight excluding hydrogens is 148 g/mol. The summed E-state index contributed by atoms with van der Waals surface area (Å²) in [7, 11) is 0. The largest absolute Gasteiger partial charge is 0.367 e. The number of nitrogens with zero attached hydrogens (tertiary/aromatic N) is 1. The first-order valence-corrected chi connectivity index (χ1v) is 4.55. The number of hydrogen-bond acceptors (Lipinski definition) is 1. The van der Waals surface area contributed by atoms with E-state index in [1.165, 1.54) is 18.5 Å². The predicted octanol–water partition coefficient (Wildman–Crippen LogP) is 2.00. The van der Waals surface area contributed by atoms with Crippen LogP contribution < -0.4 is 0 Å². The number of H-pyrrole nitrogens is 1. The lowest BCUT2D eigenvalue weighted by molar-refractivity contribution is 0.00798. The van der Waals surface area contributed by atoms with Crippen LogP contribution in [-0.4, -0.2) is 22.0 Å². The first-order valence-electron chi connectivity index (χ1n) is 4.55. The number of nitrogens with one attached hydrogen (secondary N) is 1. The van der Waals surface area contributed by atoms with Gasteiger partial charge in [-0.3, -0.25) is 4.90 Å². The van der Waals surface area contributed by atoms with Gasteiger partial charge in [0.2, 0.25) is 0 Å². The van der Waals surface area contributed by atoms with E-state index in [1.54, 1.807) is 0 Å². The molecule has 1 aliphatic heterocycles. The van der Waals surface area contributed by atoms with E-state index in [4.69, 9.17) is 0 Å². The van der Waals surface area contributed by atoms with Crippen molar-refractivity contribution in [1.29, 1.82) is 0 Å². The molecule has 0 spiro atoms. The summed E-state index contributed by atoms with van der Waals surface area (Å²) in [6.07, 6.45) is 5.40. The Morgan fingerprint density at radius 3 is 2.83 bits per heavy atom. The summed E-state index contributed by atoms with van der Waals surface area (Å²) in [5.41, 5.74) is 1.82. The van der Waals surface area contributed by atoms with E-state index in [0.29, 0.717) is 5.54 Å². The molecule has 2 heterocycles. The fourth-order valence-corrected chi connectivity index (χ4v) is 1.69. The maximum Gasteiger partial charge on any atom is 0.0254 e. The van der Waals surface area contributed by atoms with Crippen molar-refractivity contribution in [3.63, 3.8) is 0 Å². The van der Waals surface area contributed by atoms with Gasteiger partial charge in [-0.25, -0.2) is 0 Å². The maximum atomic E-state index is 3.08. The Morgan fingerprint density at radius 2 is 2.42 bits per heavy atom. The Kier molecular flexibility index (Phi) is 1.72. The molecule has 1 N–H and O–H groups in total. The number of rotatable bonds is 2. The van der Waals surface area contributed by atoms with Crippen molar-refractivity contribution in [2.24, 2.45) is 0 Å². The molecule has 0 aromatic carbocycles. The van der Waals surface area contributed by atoms with Crippen LogP contribution >= 0.6 is 0 Å². The van der Waals surface area contributed by atoms with Crippen LogP contribution in [0.5, 0.6) is 0 Å². The second-order valence-corrected chi connectivity index (χ2v) is 4.20. The molecule has 12 heavy (non-hydrogen) atoms. The fourth-order valence-electron chi connectivity index (χ4n) is 1.69. The van der Waals surface area contributed by atoms with Gasteiger partial charge in [0.05, 0.1) is 0 Å². The molecule has 0 bridgehead atoms. The Bertz CT molecular complexity index is 249. The summed E-state index contributed by atoms with van der Waals surface area (Å²) in [6, 6.07) is 2.15. The number of aromatic nitrogens is 1. The summed E-state index contributed by atoms with van der Waals surface area (Å²) in [5.74, 6) is 0. The molecule has 2 nitrogen and oxygen atoms in total. The van der Waals surface area contributed by atoms with E-state index in [0.717, 1.165) is 6.54 Å². The van der Waals surface area contributed by atoms with Gasteiger partial charge in [0.15, 0.2) is 0 Å². The average Bonchev–Trinajstić information content (AvgIpc) is 2.50. The van der Waals surface area contributed by atoms with Gasteiger partial charge in [-0.1, -0.05) is 0 Å². The minimum atomic E-state index is 0.428. The van der Waals surface area contributed by atoms with Gasteiger partial charge in [-0.15, -0.1) is 0 Å². The number of likely N-dealkylation sites (tertiary alicyclic amines) is 1. The molecule has 1 aliphatic rings. The average molecular weight is 164 g/mol. The zero-order chi connectivity index (χ0) is 8.60. The molecule has 1 aromatic heterocycles. The third-order valence-electron chi connectivity index (χ3n) is 2.89. The van der Waals surface area contributed by atoms with Crippen molar-refractivity contribution in [2.45, 2.75) is 32.4 Å². The molecule has 2 rings (SSSR count). The highest BCUT2D eigenvalue weighted by Crippen LogP contribution is 2.30. The summed E-state index contributed by atoms with van der Waals surface area (Å²) in [5, 5.41) is 0. The smallest absolute Gasteiger partial charge is 0.0254 e. The molecule has 0 aliphatic carbocycles. The van der Waals surface area contributed by atoms with Gasteiger partial charge in [0.1, 0.15) is 0 Å². The topological polar surface area (TPSA) is 19.0 Å². The second kappa shape index (κ2) is 2.63. The normalized spacial score (nSPS) is 22.2. The standard InChI is InChI=1S/C10H16N2/c1-10(2)4-6-12(10)8-9-3-5-11-7-9/h3,5,7,11H,4,6,8H2,1-2H3. The zero-order valence-electron chi connectivity index (χ0n) is 7.80. The van der Waals surface area contributed by atoms with Crippen LogP contribution in [0.3, 0.4) is 0 Å². The highest BCUT2D eigenvalue weighted by atomic mass is 15.2. The van der Waals surface area contributed by atoms with Gasteiger partial charge in [0, 0.05) is 31.0 Å². The SMILES string of the molecule is CC1(C)CCN1Cc1cc[nH]c1. The molecule has 0 unspecified atom stereocenters. The van der Waals surface area contributed by atoms with Crippen LogP contribution in [0.4, 0.5) is 0 Å². The Hall–Kier alpha value is -0.760. The fraction of sp³-hybridized carbons (Fsp3) is 0.600. The van der Waals surface area contributed by atoms with Gasteiger partial charge in [0.25, 0.3) is 0 Å². The lowest BCUT2D eigenvalue weighted by Gasteiger charge is -2.48. The van der Waals surface area contributed by atoms with Crippen LogP contribution in [0, 0.1) is 0 Å². The Morgan fingerprint density at radius 1 is 1.58 bits per heavy atom. The minimum Gasteiger partial charge on any atom is -0.367 e. The van der Waals surface area contributed by atoms with E-state index >= 15 is 0 Å². The van der Waals surface area contributed by atoms with Crippen molar-refractivity contribution in [3.8, 4) is 0 Å². The van der Waals surface area contributed by atoms with Gasteiger partial charge >= 0.3 is 0 Å².